The highest BCUT2D eigenvalue weighted by atomic mass is 16.5. The minimum absolute atomic E-state index is 0.00966. The van der Waals surface area contributed by atoms with Crippen LogP contribution in [0.25, 0.3) is 0 Å². The third-order valence-electron chi connectivity index (χ3n) is 3.27. The van der Waals surface area contributed by atoms with Crippen LogP contribution in [0, 0.1) is 0 Å². The van der Waals surface area contributed by atoms with Gasteiger partial charge in [-0.1, -0.05) is 20.8 Å². The summed E-state index contributed by atoms with van der Waals surface area (Å²) in [7, 11) is 0. The van der Waals surface area contributed by atoms with E-state index in [1.54, 1.807) is 0 Å². The van der Waals surface area contributed by atoms with Gasteiger partial charge in [-0.15, -0.1) is 0 Å². The molecule has 1 aliphatic heterocycles. The molecule has 0 atom stereocenters. The molecule has 1 fully saturated rings. The lowest BCUT2D eigenvalue weighted by atomic mass is 9.91. The van der Waals surface area contributed by atoms with E-state index in [0.29, 0.717) is 5.88 Å². The van der Waals surface area contributed by atoms with Crippen molar-refractivity contribution in [2.75, 3.05) is 13.2 Å². The van der Waals surface area contributed by atoms with Crippen LogP contribution in [0.4, 0.5) is 0 Å². The van der Waals surface area contributed by atoms with Gasteiger partial charge in [0.05, 0.1) is 25.5 Å². The molecular formula is C15H23NO3. The first kappa shape index (κ1) is 14.3. The first-order chi connectivity index (χ1) is 8.99. The molecule has 2 rings (SSSR count). The predicted molar refractivity (Wildman–Crippen MR) is 73.3 cm³/mol. The zero-order valence-electron chi connectivity index (χ0n) is 12.0. The van der Waals surface area contributed by atoms with Gasteiger partial charge in [-0.05, 0) is 11.6 Å². The van der Waals surface area contributed by atoms with Crippen LogP contribution in [-0.2, 0) is 16.8 Å². The third kappa shape index (κ3) is 3.91. The summed E-state index contributed by atoms with van der Waals surface area (Å²) in [5, 5.41) is 9.35. The van der Waals surface area contributed by atoms with E-state index in [9.17, 15) is 5.11 Å². The fourth-order valence-electron chi connectivity index (χ4n) is 2.06. The van der Waals surface area contributed by atoms with E-state index in [1.807, 2.05) is 12.1 Å². The molecule has 0 amide bonds. The van der Waals surface area contributed by atoms with Crippen LogP contribution < -0.4 is 4.74 Å². The quantitative estimate of drug-likeness (QED) is 0.912. The molecular weight excluding hydrogens is 242 g/mol. The topological polar surface area (TPSA) is 51.6 Å². The minimum atomic E-state index is -0.0566. The highest BCUT2D eigenvalue weighted by Crippen LogP contribution is 2.25. The maximum absolute atomic E-state index is 9.35. The summed E-state index contributed by atoms with van der Waals surface area (Å²) in [4.78, 5) is 4.57. The van der Waals surface area contributed by atoms with Crippen LogP contribution in [0.2, 0.25) is 0 Å². The van der Waals surface area contributed by atoms with Crippen molar-refractivity contribution in [1.29, 1.82) is 0 Å². The summed E-state index contributed by atoms with van der Waals surface area (Å²) in [6.07, 6.45) is 1.97. The molecule has 0 spiro atoms. The summed E-state index contributed by atoms with van der Waals surface area (Å²) >= 11 is 0. The number of aliphatic hydroxyl groups is 1. The Morgan fingerprint density at radius 1 is 1.32 bits per heavy atom. The molecule has 1 aromatic heterocycles. The number of nitrogens with zero attached hydrogens (tertiary/aromatic N) is 1. The van der Waals surface area contributed by atoms with Crippen molar-refractivity contribution in [2.45, 2.75) is 51.7 Å². The summed E-state index contributed by atoms with van der Waals surface area (Å²) in [6, 6.07) is 3.77. The molecule has 0 bridgehead atoms. The van der Waals surface area contributed by atoms with Crippen molar-refractivity contribution in [3.63, 3.8) is 0 Å². The molecule has 4 heteroatoms. The number of hydrogen-bond donors (Lipinski definition) is 1. The molecule has 106 valence electrons. The van der Waals surface area contributed by atoms with Gasteiger partial charge in [0.15, 0.2) is 0 Å². The van der Waals surface area contributed by atoms with Crippen LogP contribution in [0.15, 0.2) is 12.1 Å². The summed E-state index contributed by atoms with van der Waals surface area (Å²) < 4.78 is 11.3. The van der Waals surface area contributed by atoms with E-state index in [0.717, 1.165) is 37.3 Å². The van der Waals surface area contributed by atoms with Crippen molar-refractivity contribution < 1.29 is 14.6 Å². The first-order valence-electron chi connectivity index (χ1n) is 6.86. The molecule has 1 aliphatic rings. The second kappa shape index (κ2) is 5.88. The molecule has 0 saturated carbocycles. The van der Waals surface area contributed by atoms with Gasteiger partial charge >= 0.3 is 0 Å². The number of pyridine rings is 1. The van der Waals surface area contributed by atoms with Crippen molar-refractivity contribution >= 4 is 0 Å². The normalized spacial score (nSPS) is 17.5. The molecule has 4 nitrogen and oxygen atoms in total. The molecule has 2 heterocycles. The number of ether oxygens (including phenoxy) is 2. The molecule has 0 radical (unpaired) electrons. The zero-order valence-corrected chi connectivity index (χ0v) is 12.0. The van der Waals surface area contributed by atoms with Crippen molar-refractivity contribution in [2.24, 2.45) is 0 Å². The Morgan fingerprint density at radius 2 is 2.00 bits per heavy atom. The molecule has 0 aromatic carbocycles. The SMILES string of the molecule is CC(C)(C)c1cc(CO)cc(OC2CCOCC2)n1. The highest BCUT2D eigenvalue weighted by molar-refractivity contribution is 5.28. The molecule has 0 aliphatic carbocycles. The maximum Gasteiger partial charge on any atom is 0.214 e. The van der Waals surface area contributed by atoms with Crippen molar-refractivity contribution in [3.8, 4) is 5.88 Å². The lowest BCUT2D eigenvalue weighted by Crippen LogP contribution is -2.26. The predicted octanol–water partition coefficient (Wildman–Crippen LogP) is 2.43. The van der Waals surface area contributed by atoms with Crippen LogP contribution in [-0.4, -0.2) is 29.4 Å². The monoisotopic (exact) mass is 265 g/mol. The Morgan fingerprint density at radius 3 is 2.58 bits per heavy atom. The number of aliphatic hydroxyl groups excluding tert-OH is 1. The van der Waals surface area contributed by atoms with E-state index >= 15 is 0 Å². The Balaban J connectivity index is 2.19. The zero-order chi connectivity index (χ0) is 13.9. The molecule has 1 saturated heterocycles. The van der Waals surface area contributed by atoms with Gasteiger partial charge < -0.3 is 14.6 Å². The maximum atomic E-state index is 9.35. The number of aromatic nitrogens is 1. The van der Waals surface area contributed by atoms with Crippen molar-refractivity contribution in [3.05, 3.63) is 23.4 Å². The largest absolute Gasteiger partial charge is 0.474 e. The Labute approximate surface area is 114 Å². The summed E-state index contributed by atoms with van der Waals surface area (Å²) in [5.41, 5.74) is 1.74. The van der Waals surface area contributed by atoms with E-state index < -0.39 is 0 Å². The highest BCUT2D eigenvalue weighted by Gasteiger charge is 2.20. The van der Waals surface area contributed by atoms with Crippen LogP contribution in [0.3, 0.4) is 0 Å². The van der Waals surface area contributed by atoms with Gasteiger partial charge in [0, 0.05) is 24.3 Å². The summed E-state index contributed by atoms with van der Waals surface area (Å²) in [6.45, 7) is 7.82. The second-order valence-corrected chi connectivity index (χ2v) is 6.04. The van der Waals surface area contributed by atoms with E-state index in [-0.39, 0.29) is 18.1 Å². The van der Waals surface area contributed by atoms with Gasteiger partial charge in [0.25, 0.3) is 0 Å². The van der Waals surface area contributed by atoms with Gasteiger partial charge in [-0.3, -0.25) is 0 Å². The second-order valence-electron chi connectivity index (χ2n) is 6.04. The lowest BCUT2D eigenvalue weighted by molar-refractivity contribution is 0.0235. The van der Waals surface area contributed by atoms with Gasteiger partial charge in [0.2, 0.25) is 5.88 Å². The third-order valence-corrected chi connectivity index (χ3v) is 3.27. The minimum Gasteiger partial charge on any atom is -0.474 e. The Bertz CT molecular complexity index is 420. The van der Waals surface area contributed by atoms with Crippen LogP contribution in [0.5, 0.6) is 5.88 Å². The van der Waals surface area contributed by atoms with Crippen LogP contribution in [0.1, 0.15) is 44.9 Å². The number of rotatable bonds is 3. The smallest absolute Gasteiger partial charge is 0.214 e. The molecule has 1 N–H and O–H groups in total. The Kier molecular flexibility index (Phi) is 4.42. The average molecular weight is 265 g/mol. The first-order valence-corrected chi connectivity index (χ1v) is 6.86. The van der Waals surface area contributed by atoms with E-state index in [1.165, 1.54) is 0 Å². The fraction of sp³-hybridized carbons (Fsp3) is 0.667. The summed E-state index contributed by atoms with van der Waals surface area (Å²) in [5.74, 6) is 0.614. The van der Waals surface area contributed by atoms with E-state index in [4.69, 9.17) is 9.47 Å². The fourth-order valence-corrected chi connectivity index (χ4v) is 2.06. The molecule has 1 aromatic rings. The standard InChI is InChI=1S/C15H23NO3/c1-15(2,3)13-8-11(10-17)9-14(16-13)19-12-4-6-18-7-5-12/h8-9,12,17H,4-7,10H2,1-3H3. The molecule has 0 unspecified atom stereocenters. The Hall–Kier alpha value is -1.13. The average Bonchev–Trinajstić information content (AvgIpc) is 2.38. The van der Waals surface area contributed by atoms with E-state index in [2.05, 4.69) is 25.8 Å². The van der Waals surface area contributed by atoms with Gasteiger partial charge in [-0.2, -0.15) is 0 Å². The van der Waals surface area contributed by atoms with Crippen molar-refractivity contribution in [1.82, 2.24) is 4.98 Å². The van der Waals surface area contributed by atoms with Gasteiger partial charge in [-0.25, -0.2) is 4.98 Å². The molecule has 19 heavy (non-hydrogen) atoms. The van der Waals surface area contributed by atoms with Crippen LogP contribution >= 0.6 is 0 Å². The van der Waals surface area contributed by atoms with Gasteiger partial charge in [0.1, 0.15) is 6.10 Å². The lowest BCUT2D eigenvalue weighted by Gasteiger charge is -2.24. The number of hydrogen-bond acceptors (Lipinski definition) is 4.